The van der Waals surface area contributed by atoms with Crippen molar-refractivity contribution in [3.63, 3.8) is 0 Å². The SMILES string of the molecule is C[C@@H]1[C@H](C)CCC[C@@H]1NC(=O)COC(=O)COc1ccc(C#N)cc1. The van der Waals surface area contributed by atoms with E-state index in [1.807, 2.05) is 6.07 Å². The van der Waals surface area contributed by atoms with Gasteiger partial charge in [0.1, 0.15) is 5.75 Å². The smallest absolute Gasteiger partial charge is 0.344 e. The Morgan fingerprint density at radius 3 is 2.60 bits per heavy atom. The summed E-state index contributed by atoms with van der Waals surface area (Å²) in [7, 11) is 0. The fourth-order valence-corrected chi connectivity index (χ4v) is 2.99. The van der Waals surface area contributed by atoms with Crippen molar-refractivity contribution in [1.82, 2.24) is 5.32 Å². The van der Waals surface area contributed by atoms with Gasteiger partial charge in [-0.2, -0.15) is 5.26 Å². The second-order valence-corrected chi connectivity index (χ2v) is 6.53. The van der Waals surface area contributed by atoms with Crippen molar-refractivity contribution in [3.8, 4) is 11.8 Å². The van der Waals surface area contributed by atoms with Crippen LogP contribution >= 0.6 is 0 Å². The third-order valence-corrected chi connectivity index (χ3v) is 4.76. The maximum absolute atomic E-state index is 12.0. The van der Waals surface area contributed by atoms with E-state index in [1.54, 1.807) is 24.3 Å². The molecule has 1 fully saturated rings. The average Bonchev–Trinajstić information content (AvgIpc) is 2.62. The molecule has 6 nitrogen and oxygen atoms in total. The van der Waals surface area contributed by atoms with Crippen molar-refractivity contribution in [2.45, 2.75) is 39.2 Å². The Morgan fingerprint density at radius 1 is 1.20 bits per heavy atom. The molecular formula is C19H24N2O4. The Balaban J connectivity index is 1.68. The second-order valence-electron chi connectivity index (χ2n) is 6.53. The zero-order valence-electron chi connectivity index (χ0n) is 14.7. The molecule has 6 heteroatoms. The van der Waals surface area contributed by atoms with Crippen LogP contribution < -0.4 is 10.1 Å². The standard InChI is InChI=1S/C19H24N2O4/c1-13-4-3-5-17(14(13)2)21-18(22)11-25-19(23)12-24-16-8-6-15(10-20)7-9-16/h6-9,13-14,17H,3-5,11-12H2,1-2H3,(H,21,22)/t13-,14-,17+/m1/s1. The van der Waals surface area contributed by atoms with E-state index < -0.39 is 5.97 Å². The first kappa shape index (κ1) is 18.8. The average molecular weight is 344 g/mol. The molecule has 1 N–H and O–H groups in total. The van der Waals surface area contributed by atoms with Crippen molar-refractivity contribution in [2.24, 2.45) is 11.8 Å². The van der Waals surface area contributed by atoms with E-state index in [0.717, 1.165) is 12.8 Å². The number of benzene rings is 1. The number of nitriles is 1. The molecule has 0 unspecified atom stereocenters. The van der Waals surface area contributed by atoms with Crippen LogP contribution in [0.1, 0.15) is 38.7 Å². The first-order valence-electron chi connectivity index (χ1n) is 8.57. The topological polar surface area (TPSA) is 88.4 Å². The van der Waals surface area contributed by atoms with Crippen LogP contribution in [-0.4, -0.2) is 31.1 Å². The van der Waals surface area contributed by atoms with Gasteiger partial charge in [0.15, 0.2) is 13.2 Å². The fraction of sp³-hybridized carbons (Fsp3) is 0.526. The van der Waals surface area contributed by atoms with Crippen molar-refractivity contribution in [2.75, 3.05) is 13.2 Å². The molecule has 1 amide bonds. The summed E-state index contributed by atoms with van der Waals surface area (Å²) in [4.78, 5) is 23.6. The van der Waals surface area contributed by atoms with Crippen molar-refractivity contribution < 1.29 is 19.1 Å². The largest absolute Gasteiger partial charge is 0.482 e. The van der Waals surface area contributed by atoms with Crippen LogP contribution in [0.2, 0.25) is 0 Å². The summed E-state index contributed by atoms with van der Waals surface area (Å²) in [6, 6.07) is 8.54. The number of hydrogen-bond acceptors (Lipinski definition) is 5. The number of rotatable bonds is 6. The number of nitrogens with zero attached hydrogens (tertiary/aromatic N) is 1. The third kappa shape index (κ3) is 5.79. The summed E-state index contributed by atoms with van der Waals surface area (Å²) in [5.74, 6) is 0.586. The van der Waals surface area contributed by atoms with Crippen LogP contribution in [0.3, 0.4) is 0 Å². The van der Waals surface area contributed by atoms with Crippen molar-refractivity contribution in [3.05, 3.63) is 29.8 Å². The number of ether oxygens (including phenoxy) is 2. The highest BCUT2D eigenvalue weighted by Crippen LogP contribution is 2.29. The highest BCUT2D eigenvalue weighted by Gasteiger charge is 2.28. The van der Waals surface area contributed by atoms with Crippen molar-refractivity contribution in [1.29, 1.82) is 5.26 Å². The molecule has 1 aromatic carbocycles. The Hall–Kier alpha value is -2.55. The third-order valence-electron chi connectivity index (χ3n) is 4.76. The van der Waals surface area contributed by atoms with Crippen LogP contribution in [0.15, 0.2) is 24.3 Å². The Morgan fingerprint density at radius 2 is 1.92 bits per heavy atom. The quantitative estimate of drug-likeness (QED) is 0.801. The van der Waals surface area contributed by atoms with Crippen LogP contribution in [0, 0.1) is 23.2 Å². The normalized spacial score (nSPS) is 22.5. The van der Waals surface area contributed by atoms with Gasteiger partial charge in [-0.15, -0.1) is 0 Å². The highest BCUT2D eigenvalue weighted by molar-refractivity contribution is 5.81. The lowest BCUT2D eigenvalue weighted by molar-refractivity contribution is -0.150. The van der Waals surface area contributed by atoms with Crippen LogP contribution in [0.5, 0.6) is 5.75 Å². The van der Waals surface area contributed by atoms with Gasteiger partial charge >= 0.3 is 5.97 Å². The van der Waals surface area contributed by atoms with Crippen LogP contribution in [-0.2, 0) is 14.3 Å². The molecule has 134 valence electrons. The molecule has 0 heterocycles. The molecule has 1 aliphatic rings. The molecule has 1 aliphatic carbocycles. The summed E-state index contributed by atoms with van der Waals surface area (Å²) in [6.07, 6.45) is 3.26. The van der Waals surface area contributed by atoms with E-state index >= 15 is 0 Å². The molecule has 3 atom stereocenters. The molecule has 1 aromatic rings. The van der Waals surface area contributed by atoms with E-state index in [4.69, 9.17) is 14.7 Å². The lowest BCUT2D eigenvalue weighted by Crippen LogP contribution is -2.45. The first-order valence-corrected chi connectivity index (χ1v) is 8.57. The van der Waals surface area contributed by atoms with E-state index in [9.17, 15) is 9.59 Å². The van der Waals surface area contributed by atoms with Gasteiger partial charge < -0.3 is 14.8 Å². The predicted octanol–water partition coefficient (Wildman–Crippen LogP) is 2.42. The van der Waals surface area contributed by atoms with E-state index in [2.05, 4.69) is 19.2 Å². The number of carbonyl (C=O) groups is 2. The minimum Gasteiger partial charge on any atom is -0.482 e. The molecule has 0 aliphatic heterocycles. The molecule has 2 rings (SSSR count). The van der Waals surface area contributed by atoms with Gasteiger partial charge in [-0.1, -0.05) is 26.7 Å². The van der Waals surface area contributed by atoms with Crippen LogP contribution in [0.4, 0.5) is 0 Å². The summed E-state index contributed by atoms with van der Waals surface area (Å²) >= 11 is 0. The summed E-state index contributed by atoms with van der Waals surface area (Å²) < 4.78 is 10.2. The zero-order valence-corrected chi connectivity index (χ0v) is 14.7. The summed E-state index contributed by atoms with van der Waals surface area (Å²) in [5, 5.41) is 11.7. The number of hydrogen-bond donors (Lipinski definition) is 1. The predicted molar refractivity (Wildman–Crippen MR) is 91.7 cm³/mol. The van der Waals surface area contributed by atoms with E-state index in [-0.39, 0.29) is 25.2 Å². The molecule has 0 spiro atoms. The number of nitrogens with one attached hydrogen (secondary N) is 1. The minimum atomic E-state index is -0.607. The number of amides is 1. The molecule has 0 radical (unpaired) electrons. The first-order chi connectivity index (χ1) is 12.0. The molecule has 0 saturated heterocycles. The van der Waals surface area contributed by atoms with Gasteiger partial charge in [0.2, 0.25) is 0 Å². The van der Waals surface area contributed by atoms with Gasteiger partial charge in [0.05, 0.1) is 11.6 Å². The Kier molecular flexibility index (Phi) is 6.81. The maximum atomic E-state index is 12.0. The van der Waals surface area contributed by atoms with Gasteiger partial charge in [-0.25, -0.2) is 4.79 Å². The zero-order chi connectivity index (χ0) is 18.2. The molecular weight excluding hydrogens is 320 g/mol. The Labute approximate surface area is 148 Å². The molecule has 25 heavy (non-hydrogen) atoms. The number of carbonyl (C=O) groups excluding carboxylic acids is 2. The second kappa shape index (κ2) is 9.07. The van der Waals surface area contributed by atoms with Gasteiger partial charge in [-0.3, -0.25) is 4.79 Å². The fourth-order valence-electron chi connectivity index (χ4n) is 2.99. The molecule has 0 bridgehead atoms. The highest BCUT2D eigenvalue weighted by atomic mass is 16.6. The molecule has 0 aromatic heterocycles. The lowest BCUT2D eigenvalue weighted by Gasteiger charge is -2.34. The van der Waals surface area contributed by atoms with E-state index in [1.165, 1.54) is 6.42 Å². The Bertz CT molecular complexity index is 636. The summed E-state index contributed by atoms with van der Waals surface area (Å²) in [5.41, 5.74) is 0.512. The minimum absolute atomic E-state index is 0.143. The van der Waals surface area contributed by atoms with Gasteiger partial charge in [0, 0.05) is 6.04 Å². The van der Waals surface area contributed by atoms with Crippen molar-refractivity contribution >= 4 is 11.9 Å². The monoisotopic (exact) mass is 344 g/mol. The summed E-state index contributed by atoms with van der Waals surface area (Å²) in [6.45, 7) is 3.76. The number of esters is 1. The molecule has 1 saturated carbocycles. The lowest BCUT2D eigenvalue weighted by atomic mass is 9.78. The van der Waals surface area contributed by atoms with E-state index in [0.29, 0.717) is 23.1 Å². The van der Waals surface area contributed by atoms with Gasteiger partial charge in [-0.05, 0) is 42.5 Å². The van der Waals surface area contributed by atoms with Crippen LogP contribution in [0.25, 0.3) is 0 Å². The maximum Gasteiger partial charge on any atom is 0.344 e. The van der Waals surface area contributed by atoms with Gasteiger partial charge in [0.25, 0.3) is 5.91 Å².